The second-order valence-electron chi connectivity index (χ2n) is 4.21. The van der Waals surface area contributed by atoms with Gasteiger partial charge in [-0.2, -0.15) is 5.10 Å². The van der Waals surface area contributed by atoms with E-state index in [1.807, 2.05) is 0 Å². The molecule has 4 nitrogen and oxygen atoms in total. The molecule has 0 radical (unpaired) electrons. The van der Waals surface area contributed by atoms with Crippen LogP contribution in [0.2, 0.25) is 0 Å². The van der Waals surface area contributed by atoms with Crippen LogP contribution >= 0.6 is 0 Å². The zero-order valence-corrected chi connectivity index (χ0v) is 8.48. The number of nitrogens with one attached hydrogen (secondary N) is 2. The van der Waals surface area contributed by atoms with Gasteiger partial charge in [0.1, 0.15) is 0 Å². The third kappa shape index (κ3) is 3.05. The standard InChI is InChI=1S/C9H17N3O/c1-9(2)5-4-7(6-9)11-12-8(13)10-3/h4-6H2,1-3H3,(H2,10,12,13)/b11-7-. The summed E-state index contributed by atoms with van der Waals surface area (Å²) in [5.41, 5.74) is 3.89. The molecule has 0 aromatic heterocycles. The summed E-state index contributed by atoms with van der Waals surface area (Å²) in [6.45, 7) is 4.44. The van der Waals surface area contributed by atoms with Gasteiger partial charge < -0.3 is 5.32 Å². The average molecular weight is 183 g/mol. The number of carbonyl (C=O) groups excluding carboxylic acids is 1. The van der Waals surface area contributed by atoms with E-state index >= 15 is 0 Å². The van der Waals surface area contributed by atoms with E-state index in [4.69, 9.17) is 0 Å². The maximum Gasteiger partial charge on any atom is 0.334 e. The van der Waals surface area contributed by atoms with Crippen molar-refractivity contribution in [2.24, 2.45) is 10.5 Å². The molecule has 13 heavy (non-hydrogen) atoms. The number of carbonyl (C=O) groups is 1. The Morgan fingerprint density at radius 1 is 1.54 bits per heavy atom. The van der Waals surface area contributed by atoms with Crippen molar-refractivity contribution < 1.29 is 4.79 Å². The van der Waals surface area contributed by atoms with Crippen LogP contribution in [0.15, 0.2) is 5.10 Å². The zero-order valence-electron chi connectivity index (χ0n) is 8.48. The van der Waals surface area contributed by atoms with Crippen LogP contribution in [-0.2, 0) is 0 Å². The van der Waals surface area contributed by atoms with E-state index in [9.17, 15) is 4.79 Å². The van der Waals surface area contributed by atoms with Crippen LogP contribution in [0, 0.1) is 5.41 Å². The van der Waals surface area contributed by atoms with Gasteiger partial charge in [-0.15, -0.1) is 0 Å². The largest absolute Gasteiger partial charge is 0.340 e. The molecule has 0 aromatic rings. The van der Waals surface area contributed by atoms with Crippen molar-refractivity contribution in [2.75, 3.05) is 7.05 Å². The lowest BCUT2D eigenvalue weighted by Gasteiger charge is -2.13. The van der Waals surface area contributed by atoms with Gasteiger partial charge in [0, 0.05) is 12.8 Å². The van der Waals surface area contributed by atoms with Crippen LogP contribution in [-0.4, -0.2) is 18.8 Å². The molecule has 0 heterocycles. The minimum atomic E-state index is -0.253. The Balaban J connectivity index is 2.42. The van der Waals surface area contributed by atoms with Crippen LogP contribution in [0.1, 0.15) is 33.1 Å². The molecular formula is C9H17N3O. The molecular weight excluding hydrogens is 166 g/mol. The molecule has 1 fully saturated rings. The molecule has 74 valence electrons. The zero-order chi connectivity index (χ0) is 9.90. The van der Waals surface area contributed by atoms with Crippen molar-refractivity contribution in [3.05, 3.63) is 0 Å². The summed E-state index contributed by atoms with van der Waals surface area (Å²) in [4.78, 5) is 10.8. The molecule has 0 atom stereocenters. The first-order chi connectivity index (χ1) is 6.03. The molecule has 2 amide bonds. The van der Waals surface area contributed by atoms with E-state index in [1.54, 1.807) is 7.05 Å². The van der Waals surface area contributed by atoms with Gasteiger partial charge in [-0.25, -0.2) is 10.2 Å². The van der Waals surface area contributed by atoms with Crippen molar-refractivity contribution in [3.63, 3.8) is 0 Å². The quantitative estimate of drug-likeness (QED) is 0.594. The van der Waals surface area contributed by atoms with Crippen LogP contribution in [0.25, 0.3) is 0 Å². The summed E-state index contributed by atoms with van der Waals surface area (Å²) in [6, 6.07) is -0.253. The number of urea groups is 1. The van der Waals surface area contributed by atoms with Crippen LogP contribution in [0.4, 0.5) is 4.79 Å². The van der Waals surface area contributed by atoms with Crippen molar-refractivity contribution >= 4 is 11.7 Å². The molecule has 0 unspecified atom stereocenters. The third-order valence-corrected chi connectivity index (χ3v) is 2.32. The van der Waals surface area contributed by atoms with Crippen LogP contribution in [0.5, 0.6) is 0 Å². The molecule has 1 aliphatic rings. The predicted molar refractivity (Wildman–Crippen MR) is 52.7 cm³/mol. The van der Waals surface area contributed by atoms with Gasteiger partial charge >= 0.3 is 6.03 Å². The fraction of sp³-hybridized carbons (Fsp3) is 0.778. The van der Waals surface area contributed by atoms with E-state index < -0.39 is 0 Å². The molecule has 0 saturated heterocycles. The average Bonchev–Trinajstić information content (AvgIpc) is 2.41. The van der Waals surface area contributed by atoms with Gasteiger partial charge in [0.05, 0.1) is 0 Å². The highest BCUT2D eigenvalue weighted by atomic mass is 16.2. The highest BCUT2D eigenvalue weighted by Gasteiger charge is 2.27. The SMILES string of the molecule is CNC(=O)N/N=C1/CCC(C)(C)C1. The second-order valence-corrected chi connectivity index (χ2v) is 4.21. The smallest absolute Gasteiger partial charge is 0.334 e. The van der Waals surface area contributed by atoms with Crippen molar-refractivity contribution in [1.29, 1.82) is 0 Å². The minimum absolute atomic E-state index is 0.253. The Hall–Kier alpha value is -1.06. The first-order valence-corrected chi connectivity index (χ1v) is 4.57. The summed E-state index contributed by atoms with van der Waals surface area (Å²) in [7, 11) is 1.58. The number of hydrogen-bond donors (Lipinski definition) is 2. The van der Waals surface area contributed by atoms with E-state index in [2.05, 4.69) is 29.7 Å². The van der Waals surface area contributed by atoms with E-state index in [-0.39, 0.29) is 6.03 Å². The molecule has 0 bridgehead atoms. The molecule has 1 rings (SSSR count). The number of hydrazone groups is 1. The van der Waals surface area contributed by atoms with Gasteiger partial charge in [-0.3, -0.25) is 0 Å². The Morgan fingerprint density at radius 3 is 2.69 bits per heavy atom. The van der Waals surface area contributed by atoms with Gasteiger partial charge in [-0.05, 0) is 24.7 Å². The lowest BCUT2D eigenvalue weighted by atomic mass is 9.92. The van der Waals surface area contributed by atoms with Gasteiger partial charge in [0.2, 0.25) is 0 Å². The summed E-state index contributed by atoms with van der Waals surface area (Å²) >= 11 is 0. The number of amides is 2. The molecule has 4 heteroatoms. The fourth-order valence-electron chi connectivity index (χ4n) is 1.49. The maximum absolute atomic E-state index is 10.8. The summed E-state index contributed by atoms with van der Waals surface area (Å²) in [5, 5.41) is 6.50. The molecule has 2 N–H and O–H groups in total. The van der Waals surface area contributed by atoms with E-state index in [0.29, 0.717) is 5.41 Å². The first kappa shape index (κ1) is 10.0. The molecule has 0 spiro atoms. The highest BCUT2D eigenvalue weighted by Crippen LogP contribution is 2.34. The van der Waals surface area contributed by atoms with Gasteiger partial charge in [0.15, 0.2) is 0 Å². The Kier molecular flexibility index (Phi) is 2.90. The normalized spacial score (nSPS) is 23.2. The maximum atomic E-state index is 10.8. The van der Waals surface area contributed by atoms with E-state index in [0.717, 1.165) is 25.0 Å². The lowest BCUT2D eigenvalue weighted by Crippen LogP contribution is -2.29. The second kappa shape index (κ2) is 3.77. The lowest BCUT2D eigenvalue weighted by molar-refractivity contribution is 0.243. The molecule has 1 aliphatic carbocycles. The Labute approximate surface area is 78.8 Å². The number of nitrogens with zero attached hydrogens (tertiary/aromatic N) is 1. The highest BCUT2D eigenvalue weighted by molar-refractivity contribution is 5.88. The Bertz CT molecular complexity index is 233. The molecule has 0 aliphatic heterocycles. The van der Waals surface area contributed by atoms with Crippen LogP contribution < -0.4 is 10.7 Å². The van der Waals surface area contributed by atoms with Crippen molar-refractivity contribution in [3.8, 4) is 0 Å². The minimum Gasteiger partial charge on any atom is -0.340 e. The number of hydrogen-bond acceptors (Lipinski definition) is 2. The van der Waals surface area contributed by atoms with Gasteiger partial charge in [0.25, 0.3) is 0 Å². The van der Waals surface area contributed by atoms with Crippen LogP contribution in [0.3, 0.4) is 0 Å². The van der Waals surface area contributed by atoms with Crippen molar-refractivity contribution in [2.45, 2.75) is 33.1 Å². The van der Waals surface area contributed by atoms with Gasteiger partial charge in [-0.1, -0.05) is 13.8 Å². The monoisotopic (exact) mass is 183 g/mol. The summed E-state index contributed by atoms with van der Waals surface area (Å²) < 4.78 is 0. The topological polar surface area (TPSA) is 53.5 Å². The van der Waals surface area contributed by atoms with E-state index in [1.165, 1.54) is 0 Å². The number of rotatable bonds is 1. The third-order valence-electron chi connectivity index (χ3n) is 2.32. The first-order valence-electron chi connectivity index (χ1n) is 4.57. The fourth-order valence-corrected chi connectivity index (χ4v) is 1.49. The van der Waals surface area contributed by atoms with Crippen molar-refractivity contribution in [1.82, 2.24) is 10.7 Å². The summed E-state index contributed by atoms with van der Waals surface area (Å²) in [6.07, 6.45) is 3.13. The molecule has 1 saturated carbocycles. The molecule has 0 aromatic carbocycles. The summed E-state index contributed by atoms with van der Waals surface area (Å²) in [5.74, 6) is 0. The predicted octanol–water partition coefficient (Wildman–Crippen LogP) is 1.48. The Morgan fingerprint density at radius 2 is 2.23 bits per heavy atom.